The fraction of sp³-hybridized carbons (Fsp3) is 0.0625. The Balaban J connectivity index is 1.05. The van der Waals surface area contributed by atoms with E-state index in [0.717, 1.165) is 83.5 Å². The van der Waals surface area contributed by atoms with Gasteiger partial charge in [0.1, 0.15) is 11.2 Å². The van der Waals surface area contributed by atoms with Crippen LogP contribution in [0.15, 0.2) is 235 Å². The summed E-state index contributed by atoms with van der Waals surface area (Å²) in [6.45, 7) is 4.65. The minimum absolute atomic E-state index is 0.0865. The Labute approximate surface area is 397 Å². The van der Waals surface area contributed by atoms with Gasteiger partial charge in [0.15, 0.2) is 0 Å². The van der Waals surface area contributed by atoms with Crippen LogP contribution in [0.3, 0.4) is 0 Å². The Bertz CT molecular complexity index is 4080. The molecule has 1 heterocycles. The molecule has 0 saturated carbocycles. The van der Waals surface area contributed by atoms with Gasteiger partial charge in [-0.1, -0.05) is 165 Å². The highest BCUT2D eigenvalue weighted by Gasteiger charge is 2.52. The molecular weight excluding hydrogens is 813 g/mol. The van der Waals surface area contributed by atoms with Crippen molar-refractivity contribution in [3.63, 3.8) is 0 Å². The number of rotatable bonds is 6. The number of anilines is 6. The van der Waals surface area contributed by atoms with Crippen molar-refractivity contribution in [1.29, 1.82) is 0 Å². The third kappa shape index (κ3) is 5.23. The van der Waals surface area contributed by atoms with Crippen molar-refractivity contribution in [2.24, 2.45) is 0 Å². The van der Waals surface area contributed by atoms with E-state index in [4.69, 9.17) is 8.53 Å². The minimum Gasteiger partial charge on any atom is -0.456 e. The summed E-state index contributed by atoms with van der Waals surface area (Å²) < 4.78 is 51.1. The smallest absolute Gasteiger partial charge is 0.137 e. The van der Waals surface area contributed by atoms with Crippen molar-refractivity contribution < 1.29 is 11.3 Å². The summed E-state index contributed by atoms with van der Waals surface area (Å²) >= 11 is 0. The largest absolute Gasteiger partial charge is 0.456 e. The van der Waals surface area contributed by atoms with Crippen LogP contribution >= 0.6 is 0 Å². The topological polar surface area (TPSA) is 19.6 Å². The molecule has 14 rings (SSSR count). The molecule has 0 N–H and O–H groups in total. The monoisotopic (exact) mass is 861 g/mol. The summed E-state index contributed by atoms with van der Waals surface area (Å²) in [7, 11) is 0. The number of para-hydroxylation sites is 3. The average molecular weight is 862 g/mol. The highest BCUT2D eigenvalue weighted by atomic mass is 16.3. The van der Waals surface area contributed by atoms with E-state index in [2.05, 4.69) is 170 Å². The number of fused-ring (bicyclic) bond motifs is 16. The molecule has 0 saturated heterocycles. The lowest BCUT2D eigenvalue weighted by atomic mass is 9.70. The quantitative estimate of drug-likeness (QED) is 0.166. The molecule has 67 heavy (non-hydrogen) atoms. The third-order valence-corrected chi connectivity index (χ3v) is 14.7. The maximum atomic E-state index is 9.24. The second kappa shape index (κ2) is 14.1. The van der Waals surface area contributed by atoms with Gasteiger partial charge in [0.25, 0.3) is 0 Å². The van der Waals surface area contributed by atoms with Gasteiger partial charge >= 0.3 is 0 Å². The SMILES string of the molecule is [2H]c1c([2H])c([2H])c(N(c2ccccc2)c2ccc3c(c2)C2(c4ccccc4-3)c3ccccc3-c3ccc(N(c4ccc5c(c4)C(C)(C)c4ccccc4-5)c4cccc5oc6ccccc6c45)cc32)c([2H])c1[2H]. The highest BCUT2D eigenvalue weighted by Crippen LogP contribution is 2.64. The molecule has 316 valence electrons. The number of benzene rings is 10. The van der Waals surface area contributed by atoms with Crippen molar-refractivity contribution >= 4 is 56.1 Å². The molecule has 1 unspecified atom stereocenters. The number of hydrogen-bond acceptors (Lipinski definition) is 3. The van der Waals surface area contributed by atoms with Crippen molar-refractivity contribution in [3.8, 4) is 33.4 Å². The van der Waals surface area contributed by atoms with E-state index in [1.165, 1.54) is 22.3 Å². The number of hydrogen-bond donors (Lipinski definition) is 0. The average Bonchev–Trinajstić information content (AvgIpc) is 4.12. The molecule has 1 aromatic heterocycles. The Kier molecular flexibility index (Phi) is 6.95. The molecule has 0 bridgehead atoms. The molecule has 1 atom stereocenters. The molecule has 10 aromatic carbocycles. The molecule has 0 aliphatic heterocycles. The normalized spacial score (nSPS) is 16.5. The van der Waals surface area contributed by atoms with Gasteiger partial charge in [0.05, 0.1) is 23.3 Å². The summed E-state index contributed by atoms with van der Waals surface area (Å²) in [5.41, 5.74) is 19.1. The zero-order valence-electron chi connectivity index (χ0n) is 41.9. The molecule has 0 fully saturated rings. The minimum atomic E-state index is -0.812. The molecule has 3 aliphatic rings. The lowest BCUT2D eigenvalue weighted by Crippen LogP contribution is -2.26. The van der Waals surface area contributed by atoms with Crippen molar-refractivity contribution in [3.05, 3.63) is 264 Å². The third-order valence-electron chi connectivity index (χ3n) is 14.7. The molecule has 3 nitrogen and oxygen atoms in total. The van der Waals surface area contributed by atoms with E-state index in [9.17, 15) is 2.74 Å². The van der Waals surface area contributed by atoms with Crippen LogP contribution < -0.4 is 9.80 Å². The second-order valence-electron chi connectivity index (χ2n) is 18.4. The van der Waals surface area contributed by atoms with Gasteiger partial charge in [-0.3, -0.25) is 0 Å². The van der Waals surface area contributed by atoms with Gasteiger partial charge in [-0.2, -0.15) is 0 Å². The first-order valence-electron chi connectivity index (χ1n) is 25.4. The first-order valence-corrected chi connectivity index (χ1v) is 22.9. The zero-order valence-corrected chi connectivity index (χ0v) is 36.9. The van der Waals surface area contributed by atoms with E-state index < -0.39 is 11.5 Å². The first kappa shape index (κ1) is 33.1. The Hall–Kier alpha value is -8.40. The van der Waals surface area contributed by atoms with Crippen molar-refractivity contribution in [2.45, 2.75) is 24.7 Å². The van der Waals surface area contributed by atoms with Crippen LogP contribution in [0.5, 0.6) is 0 Å². The standard InChI is InChI=1S/C64H44N2O/c1-63(2)53-26-13-9-22-46(53)49-35-33-44(38-56(49)63)66(59-29-17-31-61-62(59)52-25-12-16-30-60(52)67-61)45-34-37-51-48-24-11-15-28-55(48)64(58(51)40-45)54-27-14-10-23-47(54)50-36-32-43(39-57(50)64)65(41-18-5-3-6-19-41)42-20-7-4-8-21-42/h3-40H,1-2H3/i3D,5D,6D,18D,19D. The molecule has 0 amide bonds. The van der Waals surface area contributed by atoms with Gasteiger partial charge in [0, 0.05) is 39.2 Å². The van der Waals surface area contributed by atoms with Crippen LogP contribution in [0.1, 0.15) is 54.1 Å². The van der Waals surface area contributed by atoms with E-state index >= 15 is 0 Å². The number of furan rings is 1. The molecule has 1 spiro atoms. The van der Waals surface area contributed by atoms with Crippen LogP contribution in [0, 0.1) is 0 Å². The summed E-state index contributed by atoms with van der Waals surface area (Å²) in [5.74, 6) is 0. The van der Waals surface area contributed by atoms with E-state index in [-0.39, 0.29) is 35.3 Å². The Morgan fingerprint density at radius 3 is 1.52 bits per heavy atom. The van der Waals surface area contributed by atoms with Crippen molar-refractivity contribution in [1.82, 2.24) is 0 Å². The molecular formula is C64H44N2O. The lowest BCUT2D eigenvalue weighted by molar-refractivity contribution is 0.660. The maximum Gasteiger partial charge on any atom is 0.137 e. The van der Waals surface area contributed by atoms with Crippen LogP contribution in [0.4, 0.5) is 34.1 Å². The van der Waals surface area contributed by atoms with Crippen LogP contribution in [-0.2, 0) is 10.8 Å². The van der Waals surface area contributed by atoms with Crippen LogP contribution in [0.2, 0.25) is 0 Å². The summed E-state index contributed by atoms with van der Waals surface area (Å²) in [5, 5.41) is 2.07. The number of nitrogens with zero attached hydrogens (tertiary/aromatic N) is 2. The van der Waals surface area contributed by atoms with Gasteiger partial charge in [-0.15, -0.1) is 0 Å². The lowest BCUT2D eigenvalue weighted by Gasteiger charge is -2.33. The van der Waals surface area contributed by atoms with Crippen molar-refractivity contribution in [2.75, 3.05) is 9.80 Å². The summed E-state index contributed by atoms with van der Waals surface area (Å²) in [6, 6.07) is 68.9. The molecule has 0 radical (unpaired) electrons. The van der Waals surface area contributed by atoms with E-state index in [0.29, 0.717) is 11.4 Å². The van der Waals surface area contributed by atoms with Gasteiger partial charge in [-0.05, 0) is 146 Å². The molecule has 3 heteroatoms. The fourth-order valence-corrected chi connectivity index (χ4v) is 11.9. The predicted octanol–water partition coefficient (Wildman–Crippen LogP) is 17.2. The van der Waals surface area contributed by atoms with Gasteiger partial charge < -0.3 is 14.2 Å². The zero-order chi connectivity index (χ0) is 48.8. The summed E-state index contributed by atoms with van der Waals surface area (Å²) in [6.07, 6.45) is 0. The predicted molar refractivity (Wildman–Crippen MR) is 277 cm³/mol. The van der Waals surface area contributed by atoms with Crippen LogP contribution in [0.25, 0.3) is 55.3 Å². The van der Waals surface area contributed by atoms with Gasteiger partial charge in [0.2, 0.25) is 0 Å². The summed E-state index contributed by atoms with van der Waals surface area (Å²) in [4.78, 5) is 4.23. The Morgan fingerprint density at radius 1 is 0.373 bits per heavy atom. The van der Waals surface area contributed by atoms with E-state index in [1.54, 1.807) is 0 Å². The Morgan fingerprint density at radius 2 is 0.866 bits per heavy atom. The van der Waals surface area contributed by atoms with Gasteiger partial charge in [-0.25, -0.2) is 0 Å². The molecule has 11 aromatic rings. The fourth-order valence-electron chi connectivity index (χ4n) is 11.9. The van der Waals surface area contributed by atoms with E-state index in [1.807, 2.05) is 53.4 Å². The second-order valence-corrected chi connectivity index (χ2v) is 18.4. The van der Waals surface area contributed by atoms with Crippen LogP contribution in [-0.4, -0.2) is 0 Å². The maximum absolute atomic E-state index is 9.24. The first-order chi connectivity index (χ1) is 35.1. The highest BCUT2D eigenvalue weighted by molar-refractivity contribution is 6.13. The molecule has 3 aliphatic carbocycles.